The average molecular weight is 336 g/mol. The minimum atomic E-state index is -0.190. The zero-order valence-electron chi connectivity index (χ0n) is 14.3. The van der Waals surface area contributed by atoms with Gasteiger partial charge >= 0.3 is 0 Å². The minimum absolute atomic E-state index is 0.0228. The molecule has 6 nitrogen and oxygen atoms in total. The number of carbonyl (C=O) groups excluding carboxylic acids is 1. The van der Waals surface area contributed by atoms with Crippen molar-refractivity contribution >= 4 is 11.6 Å². The molecule has 25 heavy (non-hydrogen) atoms. The summed E-state index contributed by atoms with van der Waals surface area (Å²) in [6, 6.07) is 13.6. The zero-order valence-corrected chi connectivity index (χ0v) is 14.3. The molecule has 1 N–H and O–H groups in total. The van der Waals surface area contributed by atoms with E-state index in [1.54, 1.807) is 11.0 Å². The maximum absolute atomic E-state index is 12.1. The van der Waals surface area contributed by atoms with Crippen LogP contribution >= 0.6 is 0 Å². The number of hydrogen-bond acceptors (Lipinski definition) is 4. The van der Waals surface area contributed by atoms with E-state index in [-0.39, 0.29) is 12.5 Å². The van der Waals surface area contributed by atoms with E-state index < -0.39 is 0 Å². The van der Waals surface area contributed by atoms with E-state index in [0.717, 1.165) is 28.1 Å². The summed E-state index contributed by atoms with van der Waals surface area (Å²) in [5.74, 6) is 0.545. The van der Waals surface area contributed by atoms with Crippen LogP contribution in [0.2, 0.25) is 0 Å². The number of ether oxygens (including phenoxy) is 1. The van der Waals surface area contributed by atoms with E-state index in [1.165, 1.54) is 6.33 Å². The van der Waals surface area contributed by atoms with Crippen LogP contribution in [0.5, 0.6) is 5.75 Å². The summed E-state index contributed by atoms with van der Waals surface area (Å²) in [5.41, 5.74) is 3.92. The predicted octanol–water partition coefficient (Wildman–Crippen LogP) is 2.96. The Hall–Kier alpha value is -3.15. The summed E-state index contributed by atoms with van der Waals surface area (Å²) in [5, 5.41) is 6.90. The Bertz CT molecular complexity index is 842. The maximum atomic E-state index is 12.1. The van der Waals surface area contributed by atoms with Gasteiger partial charge in [0.1, 0.15) is 18.4 Å². The van der Waals surface area contributed by atoms with Gasteiger partial charge in [-0.05, 0) is 48.7 Å². The van der Waals surface area contributed by atoms with Gasteiger partial charge in [0.15, 0.2) is 6.61 Å². The second-order valence-corrected chi connectivity index (χ2v) is 5.90. The van der Waals surface area contributed by atoms with E-state index in [0.29, 0.717) is 6.54 Å². The van der Waals surface area contributed by atoms with Gasteiger partial charge in [-0.25, -0.2) is 9.67 Å². The quantitative estimate of drug-likeness (QED) is 0.751. The highest BCUT2D eigenvalue weighted by molar-refractivity contribution is 5.91. The van der Waals surface area contributed by atoms with Crippen LogP contribution in [0.3, 0.4) is 0 Å². The lowest BCUT2D eigenvalue weighted by molar-refractivity contribution is -0.118. The summed E-state index contributed by atoms with van der Waals surface area (Å²) in [6.07, 6.45) is 3.17. The number of nitrogens with one attached hydrogen (secondary N) is 1. The molecule has 3 rings (SSSR count). The van der Waals surface area contributed by atoms with Gasteiger partial charge in [-0.15, -0.1) is 0 Å². The molecule has 0 fully saturated rings. The molecule has 0 aliphatic rings. The molecule has 1 heterocycles. The van der Waals surface area contributed by atoms with Gasteiger partial charge in [0, 0.05) is 5.69 Å². The van der Waals surface area contributed by atoms with Crippen molar-refractivity contribution in [1.29, 1.82) is 0 Å². The van der Waals surface area contributed by atoms with Crippen LogP contribution in [-0.2, 0) is 11.3 Å². The van der Waals surface area contributed by atoms with E-state index >= 15 is 0 Å². The van der Waals surface area contributed by atoms with Gasteiger partial charge in [0.2, 0.25) is 0 Å². The van der Waals surface area contributed by atoms with Gasteiger partial charge in [-0.2, -0.15) is 5.10 Å². The molecule has 3 aromatic rings. The van der Waals surface area contributed by atoms with Crippen molar-refractivity contribution in [2.75, 3.05) is 11.9 Å². The van der Waals surface area contributed by atoms with Crippen LogP contribution < -0.4 is 10.1 Å². The molecule has 0 aliphatic heterocycles. The van der Waals surface area contributed by atoms with E-state index in [1.807, 2.05) is 56.3 Å². The number of amides is 1. The average Bonchev–Trinajstić information content (AvgIpc) is 3.10. The Morgan fingerprint density at radius 2 is 1.96 bits per heavy atom. The summed E-state index contributed by atoms with van der Waals surface area (Å²) in [6.45, 7) is 4.57. The van der Waals surface area contributed by atoms with Crippen LogP contribution in [0.1, 0.15) is 16.7 Å². The van der Waals surface area contributed by atoms with Gasteiger partial charge in [0.05, 0.1) is 6.54 Å². The summed E-state index contributed by atoms with van der Waals surface area (Å²) in [4.78, 5) is 16.0. The van der Waals surface area contributed by atoms with Crippen molar-refractivity contribution in [3.63, 3.8) is 0 Å². The highest BCUT2D eigenvalue weighted by atomic mass is 16.5. The fourth-order valence-electron chi connectivity index (χ4n) is 2.40. The lowest BCUT2D eigenvalue weighted by Crippen LogP contribution is -2.20. The number of aromatic nitrogens is 3. The van der Waals surface area contributed by atoms with Gasteiger partial charge < -0.3 is 10.1 Å². The van der Waals surface area contributed by atoms with E-state index in [2.05, 4.69) is 15.4 Å². The van der Waals surface area contributed by atoms with Crippen LogP contribution in [0.4, 0.5) is 5.69 Å². The minimum Gasteiger partial charge on any atom is -0.483 e. The van der Waals surface area contributed by atoms with Crippen LogP contribution in [0.25, 0.3) is 0 Å². The van der Waals surface area contributed by atoms with Crippen LogP contribution in [0, 0.1) is 13.8 Å². The fourth-order valence-corrected chi connectivity index (χ4v) is 2.40. The van der Waals surface area contributed by atoms with Gasteiger partial charge in [-0.3, -0.25) is 4.79 Å². The molecule has 128 valence electrons. The van der Waals surface area contributed by atoms with Crippen molar-refractivity contribution in [1.82, 2.24) is 14.8 Å². The number of hydrogen-bond donors (Lipinski definition) is 1. The molecule has 0 saturated carbocycles. The van der Waals surface area contributed by atoms with Crippen molar-refractivity contribution in [2.45, 2.75) is 20.4 Å². The normalized spacial score (nSPS) is 10.5. The Balaban J connectivity index is 1.53. The number of rotatable bonds is 6. The second-order valence-electron chi connectivity index (χ2n) is 5.90. The number of benzene rings is 2. The number of aryl methyl sites for hydroxylation is 2. The molecular formula is C19H20N4O2. The molecule has 0 bridgehead atoms. The Morgan fingerprint density at radius 3 is 2.68 bits per heavy atom. The zero-order chi connectivity index (χ0) is 17.6. The first-order valence-electron chi connectivity index (χ1n) is 8.01. The molecule has 0 aliphatic carbocycles. The third-order valence-corrected chi connectivity index (χ3v) is 3.75. The van der Waals surface area contributed by atoms with Crippen molar-refractivity contribution < 1.29 is 9.53 Å². The maximum Gasteiger partial charge on any atom is 0.262 e. The van der Waals surface area contributed by atoms with Crippen LogP contribution in [0.15, 0.2) is 55.1 Å². The number of anilines is 1. The predicted molar refractivity (Wildman–Crippen MR) is 95.6 cm³/mol. The fraction of sp³-hybridized carbons (Fsp3) is 0.211. The third-order valence-electron chi connectivity index (χ3n) is 3.75. The summed E-state index contributed by atoms with van der Waals surface area (Å²) < 4.78 is 7.36. The number of nitrogens with zero attached hydrogens (tertiary/aromatic N) is 3. The largest absolute Gasteiger partial charge is 0.483 e. The molecule has 2 aromatic carbocycles. The van der Waals surface area contributed by atoms with Crippen molar-refractivity contribution in [2.24, 2.45) is 0 Å². The Kier molecular flexibility index (Phi) is 5.09. The van der Waals surface area contributed by atoms with E-state index in [9.17, 15) is 4.79 Å². The Labute approximate surface area is 146 Å². The third kappa shape index (κ3) is 4.67. The van der Waals surface area contributed by atoms with Gasteiger partial charge in [0.25, 0.3) is 5.91 Å². The van der Waals surface area contributed by atoms with Gasteiger partial charge in [-0.1, -0.05) is 24.3 Å². The molecule has 0 atom stereocenters. The summed E-state index contributed by atoms with van der Waals surface area (Å²) >= 11 is 0. The molecule has 1 amide bonds. The second kappa shape index (κ2) is 7.61. The van der Waals surface area contributed by atoms with E-state index in [4.69, 9.17) is 4.74 Å². The first-order chi connectivity index (χ1) is 12.1. The monoisotopic (exact) mass is 336 g/mol. The molecule has 6 heteroatoms. The first-order valence-corrected chi connectivity index (χ1v) is 8.01. The standard InChI is InChI=1S/C19H20N4O2/c1-14-3-4-15(2)18(9-14)25-11-19(24)22-17-7-5-16(6-8-17)10-23-13-20-12-21-23/h3-9,12-13H,10-11H2,1-2H3,(H,22,24). The molecule has 1 aromatic heterocycles. The molecular weight excluding hydrogens is 316 g/mol. The lowest BCUT2D eigenvalue weighted by atomic mass is 10.1. The first kappa shape index (κ1) is 16.7. The summed E-state index contributed by atoms with van der Waals surface area (Å²) in [7, 11) is 0. The highest BCUT2D eigenvalue weighted by Gasteiger charge is 2.06. The topological polar surface area (TPSA) is 69.0 Å². The van der Waals surface area contributed by atoms with Crippen molar-refractivity contribution in [3.8, 4) is 5.75 Å². The number of carbonyl (C=O) groups is 1. The highest BCUT2D eigenvalue weighted by Crippen LogP contribution is 2.19. The van der Waals surface area contributed by atoms with Crippen LogP contribution in [-0.4, -0.2) is 27.3 Å². The molecule has 0 saturated heterocycles. The smallest absolute Gasteiger partial charge is 0.262 e. The molecule has 0 radical (unpaired) electrons. The lowest BCUT2D eigenvalue weighted by Gasteiger charge is -2.10. The Morgan fingerprint density at radius 1 is 1.16 bits per heavy atom. The van der Waals surface area contributed by atoms with Crippen molar-refractivity contribution in [3.05, 3.63) is 71.8 Å². The molecule has 0 spiro atoms. The SMILES string of the molecule is Cc1ccc(C)c(OCC(=O)Nc2ccc(Cn3cncn3)cc2)c1. The molecule has 0 unspecified atom stereocenters.